The Morgan fingerprint density at radius 2 is 2.06 bits per heavy atom. The van der Waals surface area contributed by atoms with Crippen LogP contribution in [0, 0.1) is 11.6 Å². The van der Waals surface area contributed by atoms with Crippen molar-refractivity contribution in [2.24, 2.45) is 0 Å². The number of hydrogen-bond donors (Lipinski definition) is 1. The summed E-state index contributed by atoms with van der Waals surface area (Å²) in [6.45, 7) is 3.47. The van der Waals surface area contributed by atoms with Gasteiger partial charge in [0.05, 0.1) is 29.5 Å². The van der Waals surface area contributed by atoms with Gasteiger partial charge >= 0.3 is 0 Å². The molecule has 5 rings (SSSR count). The van der Waals surface area contributed by atoms with E-state index in [-0.39, 0.29) is 24.1 Å². The first-order valence-corrected chi connectivity index (χ1v) is 11.0. The molecule has 1 N–H and O–H groups in total. The number of aromatic amines is 1. The Balaban J connectivity index is 1.48. The SMILES string of the molecule is CC(=O)N1CCc2nc3cc([C@H]4CCCCN4Cc4ccc(F)cc4F)[nH]n3c(=O)c2C1. The van der Waals surface area contributed by atoms with Crippen molar-refractivity contribution in [2.75, 3.05) is 13.1 Å². The van der Waals surface area contributed by atoms with Crippen LogP contribution in [0.15, 0.2) is 29.1 Å². The number of amides is 1. The summed E-state index contributed by atoms with van der Waals surface area (Å²) in [6, 6.07) is 5.54. The van der Waals surface area contributed by atoms with Gasteiger partial charge in [0.2, 0.25) is 5.91 Å². The molecule has 1 atom stereocenters. The summed E-state index contributed by atoms with van der Waals surface area (Å²) in [5.74, 6) is -1.19. The van der Waals surface area contributed by atoms with Gasteiger partial charge in [-0.2, -0.15) is 0 Å². The lowest BCUT2D eigenvalue weighted by atomic mass is 9.98. The standard InChI is InChI=1S/C23H25F2N5O2/c1-14(31)28-9-7-19-17(13-28)23(32)30-22(26-19)11-20(27-30)21-4-2-3-8-29(21)12-15-5-6-16(24)10-18(15)25/h5-6,10-11,21,27H,2-4,7-9,12-13H2,1H3/t21-/m1/s1. The van der Waals surface area contributed by atoms with Crippen LogP contribution in [-0.4, -0.2) is 43.4 Å². The van der Waals surface area contributed by atoms with Crippen molar-refractivity contribution in [3.63, 3.8) is 0 Å². The molecule has 1 amide bonds. The Bertz CT molecular complexity index is 1250. The van der Waals surface area contributed by atoms with Crippen LogP contribution in [0.2, 0.25) is 0 Å². The molecule has 0 unspecified atom stereocenters. The average molecular weight is 441 g/mol. The number of H-pyrrole nitrogens is 1. The highest BCUT2D eigenvalue weighted by Gasteiger charge is 2.28. The number of nitrogens with one attached hydrogen (secondary N) is 1. The van der Waals surface area contributed by atoms with E-state index in [1.807, 2.05) is 6.07 Å². The Morgan fingerprint density at radius 1 is 1.22 bits per heavy atom. The quantitative estimate of drug-likeness (QED) is 0.678. The monoisotopic (exact) mass is 441 g/mol. The lowest BCUT2D eigenvalue weighted by Crippen LogP contribution is -2.39. The number of halogens is 2. The minimum atomic E-state index is -0.588. The van der Waals surface area contributed by atoms with Gasteiger partial charge in [-0.15, -0.1) is 0 Å². The minimum Gasteiger partial charge on any atom is -0.338 e. The summed E-state index contributed by atoms with van der Waals surface area (Å²) in [5.41, 5.74) is 2.96. The number of carbonyl (C=O) groups is 1. The van der Waals surface area contributed by atoms with Crippen LogP contribution in [0.25, 0.3) is 5.65 Å². The van der Waals surface area contributed by atoms with E-state index < -0.39 is 11.6 Å². The van der Waals surface area contributed by atoms with Crippen molar-refractivity contribution in [1.29, 1.82) is 0 Å². The van der Waals surface area contributed by atoms with Crippen LogP contribution >= 0.6 is 0 Å². The predicted octanol–water partition coefficient (Wildman–Crippen LogP) is 2.93. The van der Waals surface area contributed by atoms with Crippen molar-refractivity contribution in [3.8, 4) is 0 Å². The van der Waals surface area contributed by atoms with Crippen LogP contribution < -0.4 is 5.56 Å². The van der Waals surface area contributed by atoms with E-state index >= 15 is 0 Å². The number of nitrogens with zero attached hydrogens (tertiary/aromatic N) is 4. The topological polar surface area (TPSA) is 73.7 Å². The first-order chi connectivity index (χ1) is 15.4. The molecule has 0 spiro atoms. The van der Waals surface area contributed by atoms with Crippen molar-refractivity contribution in [1.82, 2.24) is 24.4 Å². The van der Waals surface area contributed by atoms with Crippen molar-refractivity contribution < 1.29 is 13.6 Å². The molecule has 1 saturated heterocycles. The van der Waals surface area contributed by atoms with Crippen LogP contribution in [0.5, 0.6) is 0 Å². The Kier molecular flexibility index (Phi) is 5.28. The van der Waals surface area contributed by atoms with Gasteiger partial charge in [0.25, 0.3) is 5.56 Å². The Hall–Kier alpha value is -3.07. The number of likely N-dealkylation sites (tertiary alicyclic amines) is 1. The van der Waals surface area contributed by atoms with Gasteiger partial charge in [-0.25, -0.2) is 18.3 Å². The van der Waals surface area contributed by atoms with Gasteiger partial charge in [0.15, 0.2) is 5.65 Å². The molecule has 0 aliphatic carbocycles. The number of rotatable bonds is 3. The summed E-state index contributed by atoms with van der Waals surface area (Å²) in [5, 5.41) is 3.21. The van der Waals surface area contributed by atoms with E-state index in [1.54, 1.807) is 4.90 Å². The molecule has 0 bridgehead atoms. The molecule has 168 valence electrons. The maximum atomic E-state index is 14.3. The first-order valence-electron chi connectivity index (χ1n) is 11.0. The fraction of sp³-hybridized carbons (Fsp3) is 0.435. The fourth-order valence-electron chi connectivity index (χ4n) is 4.84. The molecule has 3 aromatic rings. The molecule has 7 nitrogen and oxygen atoms in total. The van der Waals surface area contributed by atoms with E-state index in [1.165, 1.54) is 23.6 Å². The Labute approximate surface area is 183 Å². The molecule has 2 aliphatic heterocycles. The number of aromatic nitrogens is 3. The molecule has 0 saturated carbocycles. The molecule has 32 heavy (non-hydrogen) atoms. The van der Waals surface area contributed by atoms with Gasteiger partial charge in [0, 0.05) is 44.1 Å². The molecular weight excluding hydrogens is 416 g/mol. The number of fused-ring (bicyclic) bond motifs is 2. The third kappa shape index (κ3) is 3.70. The fourth-order valence-corrected chi connectivity index (χ4v) is 4.84. The molecule has 1 fully saturated rings. The second-order valence-corrected chi connectivity index (χ2v) is 8.66. The number of carbonyl (C=O) groups excluding carboxylic acids is 1. The van der Waals surface area contributed by atoms with Gasteiger partial charge in [0.1, 0.15) is 11.6 Å². The van der Waals surface area contributed by atoms with Crippen molar-refractivity contribution in [3.05, 3.63) is 68.8 Å². The van der Waals surface area contributed by atoms with Gasteiger partial charge in [-0.05, 0) is 25.5 Å². The molecule has 2 aromatic heterocycles. The summed E-state index contributed by atoms with van der Waals surface area (Å²) >= 11 is 0. The zero-order valence-electron chi connectivity index (χ0n) is 17.9. The Morgan fingerprint density at radius 3 is 2.84 bits per heavy atom. The normalized spacial score (nSPS) is 19.3. The highest BCUT2D eigenvalue weighted by molar-refractivity contribution is 5.73. The summed E-state index contributed by atoms with van der Waals surface area (Å²) in [4.78, 5) is 33.4. The van der Waals surface area contributed by atoms with E-state index in [9.17, 15) is 18.4 Å². The van der Waals surface area contributed by atoms with Crippen molar-refractivity contribution in [2.45, 2.75) is 51.7 Å². The second-order valence-electron chi connectivity index (χ2n) is 8.66. The van der Waals surface area contributed by atoms with Crippen molar-refractivity contribution >= 4 is 11.6 Å². The highest BCUT2D eigenvalue weighted by atomic mass is 19.1. The van der Waals surface area contributed by atoms with Crippen LogP contribution in [0.3, 0.4) is 0 Å². The summed E-state index contributed by atoms with van der Waals surface area (Å²) in [7, 11) is 0. The zero-order valence-corrected chi connectivity index (χ0v) is 17.9. The largest absolute Gasteiger partial charge is 0.338 e. The molecule has 0 radical (unpaired) electrons. The van der Waals surface area contributed by atoms with Gasteiger partial charge in [-0.3, -0.25) is 19.6 Å². The lowest BCUT2D eigenvalue weighted by Gasteiger charge is -2.35. The second kappa shape index (κ2) is 8.12. The highest BCUT2D eigenvalue weighted by Crippen LogP contribution is 2.32. The number of benzene rings is 1. The predicted molar refractivity (Wildman–Crippen MR) is 114 cm³/mol. The zero-order chi connectivity index (χ0) is 22.4. The average Bonchev–Trinajstić information content (AvgIpc) is 3.20. The maximum Gasteiger partial charge on any atom is 0.277 e. The molecule has 4 heterocycles. The van der Waals surface area contributed by atoms with Crippen LogP contribution in [-0.2, 0) is 24.3 Å². The first kappa shape index (κ1) is 20.8. The van der Waals surface area contributed by atoms with Crippen LogP contribution in [0.4, 0.5) is 8.78 Å². The maximum absolute atomic E-state index is 14.3. The molecule has 1 aromatic carbocycles. The van der Waals surface area contributed by atoms with E-state index in [2.05, 4.69) is 10.00 Å². The molecule has 2 aliphatic rings. The molecular formula is C23H25F2N5O2. The summed E-state index contributed by atoms with van der Waals surface area (Å²) < 4.78 is 29.0. The summed E-state index contributed by atoms with van der Waals surface area (Å²) in [6.07, 6.45) is 3.44. The van der Waals surface area contributed by atoms with Crippen LogP contribution in [0.1, 0.15) is 54.7 Å². The lowest BCUT2D eigenvalue weighted by molar-refractivity contribution is -0.129. The van der Waals surface area contributed by atoms with E-state index in [0.717, 1.165) is 43.3 Å². The third-order valence-electron chi connectivity index (χ3n) is 6.59. The van der Waals surface area contributed by atoms with E-state index in [4.69, 9.17) is 4.98 Å². The number of hydrogen-bond acceptors (Lipinski definition) is 4. The third-order valence-corrected chi connectivity index (χ3v) is 6.59. The molecule has 9 heteroatoms. The smallest absolute Gasteiger partial charge is 0.277 e. The van der Waals surface area contributed by atoms with Gasteiger partial charge < -0.3 is 4.90 Å². The number of piperidine rings is 1. The van der Waals surface area contributed by atoms with Gasteiger partial charge in [-0.1, -0.05) is 12.5 Å². The van der Waals surface area contributed by atoms with E-state index in [0.29, 0.717) is 36.3 Å². The minimum absolute atomic E-state index is 0.0277.